The van der Waals surface area contributed by atoms with Crippen LogP contribution in [-0.2, 0) is 14.8 Å². The van der Waals surface area contributed by atoms with E-state index in [-0.39, 0.29) is 17.1 Å². The van der Waals surface area contributed by atoms with E-state index < -0.39 is 15.3 Å². The van der Waals surface area contributed by atoms with Crippen LogP contribution < -0.4 is 5.73 Å². The van der Waals surface area contributed by atoms with Gasteiger partial charge in [-0.05, 0) is 19.3 Å². The molecule has 1 aliphatic heterocycles. The Labute approximate surface area is 120 Å². The Morgan fingerprint density at radius 1 is 1.47 bits per heavy atom. The molecule has 2 rings (SSSR count). The predicted octanol–water partition coefficient (Wildman–Crippen LogP) is 1.02. The molecule has 0 aromatic heterocycles. The molecule has 1 heterocycles. The fourth-order valence-electron chi connectivity index (χ4n) is 3.10. The summed E-state index contributed by atoms with van der Waals surface area (Å²) in [5.41, 5.74) is 5.60. The molecule has 0 aromatic carbocycles. The average Bonchev–Trinajstić information content (AvgIpc) is 2.38. The van der Waals surface area contributed by atoms with E-state index in [4.69, 9.17) is 22.7 Å². The van der Waals surface area contributed by atoms with Crippen LogP contribution in [0.2, 0.25) is 0 Å². The zero-order chi connectivity index (χ0) is 14.0. The Kier molecular flexibility index (Phi) is 4.81. The van der Waals surface area contributed by atoms with E-state index >= 15 is 0 Å². The number of fused-ring (bicyclic) bond motifs is 1. The zero-order valence-electron chi connectivity index (χ0n) is 11.2. The van der Waals surface area contributed by atoms with Crippen LogP contribution in [0.25, 0.3) is 0 Å². The van der Waals surface area contributed by atoms with Gasteiger partial charge in [-0.2, -0.15) is 4.31 Å². The summed E-state index contributed by atoms with van der Waals surface area (Å²) in [6, 6.07) is -0.0316. The van der Waals surface area contributed by atoms with E-state index in [0.717, 1.165) is 25.7 Å². The Bertz CT molecular complexity index is 436. The second-order valence-corrected chi connectivity index (χ2v) is 7.76. The number of sulfonamides is 1. The van der Waals surface area contributed by atoms with Gasteiger partial charge in [-0.1, -0.05) is 32.0 Å². The maximum Gasteiger partial charge on any atom is 0.223 e. The van der Waals surface area contributed by atoms with Gasteiger partial charge in [0.2, 0.25) is 10.0 Å². The maximum absolute atomic E-state index is 12.7. The van der Waals surface area contributed by atoms with Crippen molar-refractivity contribution in [1.82, 2.24) is 4.31 Å². The number of nitrogens with two attached hydrogens (primary N) is 1. The van der Waals surface area contributed by atoms with Gasteiger partial charge in [-0.3, -0.25) is 0 Å². The lowest BCUT2D eigenvalue weighted by Crippen LogP contribution is -2.58. The summed E-state index contributed by atoms with van der Waals surface area (Å²) in [6.07, 6.45) is 4.45. The summed E-state index contributed by atoms with van der Waals surface area (Å²) in [7, 11) is -3.46. The van der Waals surface area contributed by atoms with E-state index in [1.807, 2.05) is 0 Å². The molecule has 2 aliphatic rings. The van der Waals surface area contributed by atoms with Crippen molar-refractivity contribution in [3.63, 3.8) is 0 Å². The van der Waals surface area contributed by atoms with Crippen molar-refractivity contribution in [2.24, 2.45) is 5.73 Å². The number of morpholine rings is 1. The summed E-state index contributed by atoms with van der Waals surface area (Å²) >= 11 is 4.92. The van der Waals surface area contributed by atoms with E-state index in [1.165, 1.54) is 0 Å². The van der Waals surface area contributed by atoms with Gasteiger partial charge in [0.1, 0.15) is 5.25 Å². The lowest BCUT2D eigenvalue weighted by atomic mass is 9.91. The first-order chi connectivity index (χ1) is 8.98. The lowest BCUT2D eigenvalue weighted by Gasteiger charge is -2.43. The quantitative estimate of drug-likeness (QED) is 0.785. The molecule has 2 N–H and O–H groups in total. The van der Waals surface area contributed by atoms with Crippen molar-refractivity contribution in [3.05, 3.63) is 0 Å². The number of nitrogens with zero attached hydrogens (tertiary/aromatic N) is 1. The number of ether oxygens (including phenoxy) is 1. The molecule has 3 atom stereocenters. The molecule has 0 spiro atoms. The molecule has 3 unspecified atom stereocenters. The standard InChI is InChI=1S/C12H22N2O3S2/c1-2-11(12(13)18)19(15,16)14-7-8-17-10-6-4-3-5-9(10)14/h9-11H,2-8H2,1H3,(H2,13,18). The van der Waals surface area contributed by atoms with Crippen LogP contribution in [0.4, 0.5) is 0 Å². The number of rotatable bonds is 4. The van der Waals surface area contributed by atoms with E-state index in [2.05, 4.69) is 0 Å². The third-order valence-corrected chi connectivity index (χ3v) is 6.90. The smallest absolute Gasteiger partial charge is 0.223 e. The fraction of sp³-hybridized carbons (Fsp3) is 0.917. The largest absolute Gasteiger partial charge is 0.392 e. The van der Waals surface area contributed by atoms with Gasteiger partial charge in [0.15, 0.2) is 0 Å². The van der Waals surface area contributed by atoms with Crippen molar-refractivity contribution >= 4 is 27.2 Å². The minimum absolute atomic E-state index is 0.0316. The van der Waals surface area contributed by atoms with Gasteiger partial charge in [0, 0.05) is 6.54 Å². The van der Waals surface area contributed by atoms with Crippen LogP contribution in [0.3, 0.4) is 0 Å². The van der Waals surface area contributed by atoms with Crippen molar-refractivity contribution < 1.29 is 13.2 Å². The van der Waals surface area contributed by atoms with Crippen molar-refractivity contribution in [2.45, 2.75) is 56.4 Å². The highest BCUT2D eigenvalue weighted by molar-refractivity contribution is 7.92. The average molecular weight is 306 g/mol. The molecule has 1 saturated heterocycles. The van der Waals surface area contributed by atoms with Crippen LogP contribution >= 0.6 is 12.2 Å². The number of thiocarbonyl (C=S) groups is 1. The number of hydrogen-bond acceptors (Lipinski definition) is 4. The summed E-state index contributed by atoms with van der Waals surface area (Å²) in [5, 5.41) is -0.747. The topological polar surface area (TPSA) is 72.6 Å². The van der Waals surface area contributed by atoms with Crippen molar-refractivity contribution in [2.75, 3.05) is 13.2 Å². The van der Waals surface area contributed by atoms with Crippen LogP contribution in [-0.4, -0.2) is 48.3 Å². The molecule has 1 saturated carbocycles. The molecule has 110 valence electrons. The summed E-state index contributed by atoms with van der Waals surface area (Å²) in [6.45, 7) is 2.69. The van der Waals surface area contributed by atoms with Gasteiger partial charge in [0.05, 0.1) is 23.7 Å². The van der Waals surface area contributed by atoms with Gasteiger partial charge >= 0.3 is 0 Å². The maximum atomic E-state index is 12.7. The number of hydrogen-bond donors (Lipinski definition) is 1. The molecule has 0 amide bonds. The second-order valence-electron chi connectivity index (χ2n) is 5.22. The highest BCUT2D eigenvalue weighted by Gasteiger charge is 2.43. The normalized spacial score (nSPS) is 30.6. The molecule has 7 heteroatoms. The Hall–Kier alpha value is -0.240. The van der Waals surface area contributed by atoms with Crippen LogP contribution in [0, 0.1) is 0 Å². The first kappa shape index (κ1) is 15.2. The second kappa shape index (κ2) is 6.03. The van der Waals surface area contributed by atoms with Crippen molar-refractivity contribution in [1.29, 1.82) is 0 Å². The predicted molar refractivity (Wildman–Crippen MR) is 78.5 cm³/mol. The summed E-state index contributed by atoms with van der Waals surface area (Å²) in [5.74, 6) is 0. The van der Waals surface area contributed by atoms with Crippen LogP contribution in [0.1, 0.15) is 39.0 Å². The first-order valence-electron chi connectivity index (χ1n) is 6.90. The SMILES string of the molecule is CCC(C(N)=S)S(=O)(=O)N1CCOC2CCCCC21. The molecule has 19 heavy (non-hydrogen) atoms. The molecule has 0 bridgehead atoms. The lowest BCUT2D eigenvalue weighted by molar-refractivity contribution is -0.0587. The van der Waals surface area contributed by atoms with E-state index in [0.29, 0.717) is 19.6 Å². The minimum Gasteiger partial charge on any atom is -0.392 e. The third-order valence-electron chi connectivity index (χ3n) is 4.06. The molecule has 1 aliphatic carbocycles. The molecule has 5 nitrogen and oxygen atoms in total. The Morgan fingerprint density at radius 3 is 2.79 bits per heavy atom. The van der Waals surface area contributed by atoms with Crippen molar-refractivity contribution in [3.8, 4) is 0 Å². The highest BCUT2D eigenvalue weighted by atomic mass is 32.2. The fourth-order valence-corrected chi connectivity index (χ4v) is 5.62. The molecular weight excluding hydrogens is 284 g/mol. The van der Waals surface area contributed by atoms with Gasteiger partial charge < -0.3 is 10.5 Å². The van der Waals surface area contributed by atoms with Gasteiger partial charge in [-0.25, -0.2) is 8.42 Å². The molecule has 2 fully saturated rings. The molecular formula is C12H22N2O3S2. The third kappa shape index (κ3) is 2.94. The molecule has 0 radical (unpaired) electrons. The van der Waals surface area contributed by atoms with Crippen LogP contribution in [0.5, 0.6) is 0 Å². The molecule has 0 aromatic rings. The highest BCUT2D eigenvalue weighted by Crippen LogP contribution is 2.31. The summed E-state index contributed by atoms with van der Waals surface area (Å²) < 4.78 is 32.7. The first-order valence-corrected chi connectivity index (χ1v) is 8.81. The van der Waals surface area contributed by atoms with E-state index in [1.54, 1.807) is 11.2 Å². The summed E-state index contributed by atoms with van der Waals surface area (Å²) in [4.78, 5) is 0.0707. The zero-order valence-corrected chi connectivity index (χ0v) is 12.9. The van der Waals surface area contributed by atoms with Crippen LogP contribution in [0.15, 0.2) is 0 Å². The Morgan fingerprint density at radius 2 is 2.16 bits per heavy atom. The van der Waals surface area contributed by atoms with E-state index in [9.17, 15) is 8.42 Å². The monoisotopic (exact) mass is 306 g/mol. The Balaban J connectivity index is 2.25. The van der Waals surface area contributed by atoms with Gasteiger partial charge in [-0.15, -0.1) is 0 Å². The van der Waals surface area contributed by atoms with Gasteiger partial charge in [0.25, 0.3) is 0 Å². The minimum atomic E-state index is -3.46.